The van der Waals surface area contributed by atoms with Crippen molar-refractivity contribution in [2.45, 2.75) is 18.2 Å². The van der Waals surface area contributed by atoms with Crippen molar-refractivity contribution in [1.82, 2.24) is 9.80 Å². The van der Waals surface area contributed by atoms with Crippen molar-refractivity contribution < 1.29 is 22.4 Å². The maximum Gasteiger partial charge on any atom is 0.289 e. The molecule has 0 atom stereocenters. The van der Waals surface area contributed by atoms with Gasteiger partial charge in [0.15, 0.2) is 5.76 Å². The lowest BCUT2D eigenvalue weighted by atomic mass is 10.2. The number of hydrogen-bond acceptors (Lipinski definition) is 6. The van der Waals surface area contributed by atoms with Gasteiger partial charge in [-0.25, -0.2) is 13.6 Å². The summed E-state index contributed by atoms with van der Waals surface area (Å²) < 4.78 is 28.2. The van der Waals surface area contributed by atoms with Gasteiger partial charge in [-0.05, 0) is 37.3 Å². The van der Waals surface area contributed by atoms with Crippen LogP contribution < -0.4 is 10.5 Å². The number of carbonyl (C=O) groups excluding carboxylic acids is 2. The van der Waals surface area contributed by atoms with Gasteiger partial charge in [0, 0.05) is 44.8 Å². The second kappa shape index (κ2) is 8.76. The summed E-state index contributed by atoms with van der Waals surface area (Å²) in [5, 5.41) is 7.78. The number of piperazine rings is 1. The number of aryl methyl sites for hydroxylation is 1. The second-order valence-electron chi connectivity index (χ2n) is 6.92. The SMILES string of the molecule is Cc1ccc(C(=O)N2CCN(CCC(=O)Nc3cccc(S(N)(=O)=O)c3)CC2)o1. The molecule has 3 N–H and O–H groups in total. The lowest BCUT2D eigenvalue weighted by Gasteiger charge is -2.34. The molecule has 0 unspecified atom stereocenters. The Morgan fingerprint density at radius 1 is 1.14 bits per heavy atom. The number of nitrogens with one attached hydrogen (secondary N) is 1. The standard InChI is InChI=1S/C19H24N4O5S/c1-14-5-6-17(28-14)19(25)23-11-9-22(10-12-23)8-7-18(24)21-15-3-2-4-16(13-15)29(20,26)27/h2-6,13H,7-12H2,1H3,(H,21,24)(H2,20,26,27). The van der Waals surface area contributed by atoms with E-state index in [-0.39, 0.29) is 23.1 Å². The Morgan fingerprint density at radius 3 is 2.48 bits per heavy atom. The monoisotopic (exact) mass is 420 g/mol. The highest BCUT2D eigenvalue weighted by Gasteiger charge is 2.24. The number of hydrogen-bond donors (Lipinski definition) is 2. The molecule has 0 radical (unpaired) electrons. The van der Waals surface area contributed by atoms with Crippen molar-refractivity contribution in [3.8, 4) is 0 Å². The molecule has 1 aromatic heterocycles. The Balaban J connectivity index is 1.44. The van der Waals surface area contributed by atoms with Gasteiger partial charge in [-0.2, -0.15) is 0 Å². The lowest BCUT2D eigenvalue weighted by Crippen LogP contribution is -2.49. The minimum atomic E-state index is -3.82. The summed E-state index contributed by atoms with van der Waals surface area (Å²) in [5.41, 5.74) is 0.380. The number of furan rings is 1. The van der Waals surface area contributed by atoms with Crippen molar-refractivity contribution in [2.24, 2.45) is 5.14 Å². The summed E-state index contributed by atoms with van der Waals surface area (Å²) in [4.78, 5) is 28.4. The van der Waals surface area contributed by atoms with Gasteiger partial charge in [-0.1, -0.05) is 6.07 Å². The molecule has 1 aromatic carbocycles. The zero-order valence-corrected chi connectivity index (χ0v) is 16.9. The van der Waals surface area contributed by atoms with Gasteiger partial charge < -0.3 is 14.6 Å². The van der Waals surface area contributed by atoms with Crippen molar-refractivity contribution in [1.29, 1.82) is 0 Å². The number of sulfonamides is 1. The molecular weight excluding hydrogens is 396 g/mol. The molecule has 9 nitrogen and oxygen atoms in total. The van der Waals surface area contributed by atoms with E-state index in [1.807, 2.05) is 0 Å². The van der Waals surface area contributed by atoms with E-state index in [0.717, 1.165) is 0 Å². The molecule has 0 spiro atoms. The third kappa shape index (κ3) is 5.66. The third-order valence-electron chi connectivity index (χ3n) is 4.71. The van der Waals surface area contributed by atoms with Crippen LogP contribution in [0.5, 0.6) is 0 Å². The molecule has 10 heteroatoms. The van der Waals surface area contributed by atoms with Gasteiger partial charge in [0.25, 0.3) is 5.91 Å². The fourth-order valence-corrected chi connectivity index (χ4v) is 3.67. The summed E-state index contributed by atoms with van der Waals surface area (Å²) in [6, 6.07) is 9.27. The molecule has 0 bridgehead atoms. The van der Waals surface area contributed by atoms with E-state index in [2.05, 4.69) is 10.2 Å². The molecule has 1 fully saturated rings. The normalized spacial score (nSPS) is 15.3. The molecule has 2 amide bonds. The second-order valence-corrected chi connectivity index (χ2v) is 8.48. The Bertz CT molecular complexity index is 994. The maximum atomic E-state index is 12.4. The molecule has 1 saturated heterocycles. The Hall–Kier alpha value is -2.69. The number of carbonyl (C=O) groups is 2. The van der Waals surface area contributed by atoms with Crippen LogP contribution in [0.3, 0.4) is 0 Å². The Kier molecular flexibility index (Phi) is 6.36. The number of nitrogens with two attached hydrogens (primary N) is 1. The minimum Gasteiger partial charge on any atom is -0.456 e. The van der Waals surface area contributed by atoms with Crippen LogP contribution in [0, 0.1) is 6.92 Å². The van der Waals surface area contributed by atoms with Crippen LogP contribution in [-0.4, -0.2) is 62.8 Å². The molecule has 0 aliphatic carbocycles. The summed E-state index contributed by atoms with van der Waals surface area (Å²) >= 11 is 0. The quantitative estimate of drug-likeness (QED) is 0.719. The zero-order valence-electron chi connectivity index (χ0n) is 16.1. The van der Waals surface area contributed by atoms with Crippen LogP contribution in [0.25, 0.3) is 0 Å². The fraction of sp³-hybridized carbons (Fsp3) is 0.368. The third-order valence-corrected chi connectivity index (χ3v) is 5.62. The van der Waals surface area contributed by atoms with Gasteiger partial charge in [-0.15, -0.1) is 0 Å². The highest BCUT2D eigenvalue weighted by molar-refractivity contribution is 7.89. The summed E-state index contributed by atoms with van der Waals surface area (Å²) in [6.45, 7) is 4.81. The van der Waals surface area contributed by atoms with E-state index < -0.39 is 10.0 Å². The minimum absolute atomic E-state index is 0.0529. The van der Waals surface area contributed by atoms with Crippen LogP contribution in [0.2, 0.25) is 0 Å². The highest BCUT2D eigenvalue weighted by Crippen LogP contribution is 2.15. The van der Waals surface area contributed by atoms with Crippen molar-refractivity contribution >= 4 is 27.5 Å². The van der Waals surface area contributed by atoms with E-state index in [1.54, 1.807) is 30.0 Å². The van der Waals surface area contributed by atoms with Gasteiger partial charge >= 0.3 is 0 Å². The molecule has 2 heterocycles. The van der Waals surface area contributed by atoms with Crippen LogP contribution in [-0.2, 0) is 14.8 Å². The number of benzene rings is 1. The first-order valence-corrected chi connectivity index (χ1v) is 10.8. The van der Waals surface area contributed by atoms with Crippen LogP contribution in [0.1, 0.15) is 22.7 Å². The van der Waals surface area contributed by atoms with E-state index in [9.17, 15) is 18.0 Å². The number of rotatable bonds is 6. The smallest absolute Gasteiger partial charge is 0.289 e. The topological polar surface area (TPSA) is 126 Å². The first-order chi connectivity index (χ1) is 13.7. The number of nitrogens with zero attached hydrogens (tertiary/aromatic N) is 2. The molecule has 3 rings (SSSR count). The van der Waals surface area contributed by atoms with E-state index in [1.165, 1.54) is 18.2 Å². The summed E-state index contributed by atoms with van der Waals surface area (Å²) in [6.07, 6.45) is 0.255. The molecule has 2 aromatic rings. The molecule has 156 valence electrons. The Morgan fingerprint density at radius 2 is 1.86 bits per heavy atom. The molecule has 29 heavy (non-hydrogen) atoms. The number of anilines is 1. The van der Waals surface area contributed by atoms with Gasteiger partial charge in [0.1, 0.15) is 5.76 Å². The van der Waals surface area contributed by atoms with Crippen LogP contribution in [0.4, 0.5) is 5.69 Å². The lowest BCUT2D eigenvalue weighted by molar-refractivity contribution is -0.116. The number of primary sulfonamides is 1. The summed E-state index contributed by atoms with van der Waals surface area (Å²) in [5.74, 6) is 0.705. The highest BCUT2D eigenvalue weighted by atomic mass is 32.2. The zero-order chi connectivity index (χ0) is 21.0. The average molecular weight is 420 g/mol. The fourth-order valence-electron chi connectivity index (χ4n) is 3.11. The van der Waals surface area contributed by atoms with Gasteiger partial charge in [0.05, 0.1) is 4.90 Å². The van der Waals surface area contributed by atoms with Crippen molar-refractivity contribution in [2.75, 3.05) is 38.0 Å². The van der Waals surface area contributed by atoms with Crippen LogP contribution in [0.15, 0.2) is 45.7 Å². The Labute approximate surface area is 169 Å². The molecule has 1 aliphatic heterocycles. The van der Waals surface area contributed by atoms with Crippen LogP contribution >= 0.6 is 0 Å². The predicted octanol–water partition coefficient (Wildman–Crippen LogP) is 1.02. The molecule has 0 saturated carbocycles. The number of amides is 2. The summed E-state index contributed by atoms with van der Waals surface area (Å²) in [7, 11) is -3.82. The van der Waals surface area contributed by atoms with Gasteiger partial charge in [-0.3, -0.25) is 14.5 Å². The first kappa shape index (κ1) is 21.0. The van der Waals surface area contributed by atoms with Crippen molar-refractivity contribution in [3.05, 3.63) is 47.9 Å². The average Bonchev–Trinajstić information content (AvgIpc) is 3.12. The maximum absolute atomic E-state index is 12.4. The molecular formula is C19H24N4O5S. The van der Waals surface area contributed by atoms with E-state index >= 15 is 0 Å². The predicted molar refractivity (Wildman–Crippen MR) is 107 cm³/mol. The largest absolute Gasteiger partial charge is 0.456 e. The molecule has 1 aliphatic rings. The van der Waals surface area contributed by atoms with Gasteiger partial charge in [0.2, 0.25) is 15.9 Å². The van der Waals surface area contributed by atoms with Crippen molar-refractivity contribution in [3.63, 3.8) is 0 Å². The first-order valence-electron chi connectivity index (χ1n) is 9.23. The van der Waals surface area contributed by atoms with E-state index in [0.29, 0.717) is 49.9 Å². The van der Waals surface area contributed by atoms with E-state index in [4.69, 9.17) is 9.56 Å².